The normalized spacial score (nSPS) is 14.3. The lowest BCUT2D eigenvalue weighted by Gasteiger charge is -2.15. The minimum absolute atomic E-state index is 0.633. The van der Waals surface area contributed by atoms with Crippen LogP contribution in [0.2, 0.25) is 10.0 Å². The van der Waals surface area contributed by atoms with Crippen LogP contribution in [0.15, 0.2) is 36.4 Å². The van der Waals surface area contributed by atoms with Gasteiger partial charge in [-0.15, -0.1) is 0 Å². The maximum Gasteiger partial charge on any atom is 0.119 e. The molecule has 3 rings (SSSR count). The summed E-state index contributed by atoms with van der Waals surface area (Å²) in [7, 11) is 1.69. The second-order valence-electron chi connectivity index (χ2n) is 5.03. The van der Waals surface area contributed by atoms with Crippen LogP contribution in [0.1, 0.15) is 16.7 Å². The molecule has 0 spiro atoms. The Kier molecular flexibility index (Phi) is 3.88. The van der Waals surface area contributed by atoms with E-state index in [1.54, 1.807) is 7.11 Å². The average molecular weight is 308 g/mol. The zero-order valence-electron chi connectivity index (χ0n) is 11.2. The second-order valence-corrected chi connectivity index (χ2v) is 5.85. The number of rotatable bonds is 3. The zero-order valence-corrected chi connectivity index (χ0v) is 12.7. The van der Waals surface area contributed by atoms with Crippen molar-refractivity contribution >= 4 is 23.2 Å². The van der Waals surface area contributed by atoms with E-state index in [1.165, 1.54) is 16.7 Å². The predicted molar refractivity (Wildman–Crippen MR) is 82.4 cm³/mol. The third kappa shape index (κ3) is 2.78. The molecule has 0 saturated carbocycles. The highest BCUT2D eigenvalue weighted by molar-refractivity contribution is 6.42. The first-order chi connectivity index (χ1) is 9.65. The molecule has 0 N–H and O–H groups in total. The van der Waals surface area contributed by atoms with Crippen molar-refractivity contribution in [1.82, 2.24) is 4.90 Å². The summed E-state index contributed by atoms with van der Waals surface area (Å²) in [6.07, 6.45) is 0. The Bertz CT molecular complexity index is 611. The minimum atomic E-state index is 0.633. The molecule has 2 aromatic carbocycles. The summed E-state index contributed by atoms with van der Waals surface area (Å²) < 4.78 is 5.26. The van der Waals surface area contributed by atoms with Crippen LogP contribution in [-0.4, -0.2) is 12.0 Å². The number of hydrogen-bond donors (Lipinski definition) is 0. The van der Waals surface area contributed by atoms with Gasteiger partial charge in [-0.3, -0.25) is 4.90 Å². The van der Waals surface area contributed by atoms with Gasteiger partial charge in [0.1, 0.15) is 5.75 Å². The first-order valence-electron chi connectivity index (χ1n) is 6.48. The standard InChI is InChI=1S/C16H15Cl2NO/c1-20-14-4-2-3-11(5-14)8-19-9-12-6-15(17)16(18)7-13(12)10-19/h2-7H,8-10H2,1H3. The topological polar surface area (TPSA) is 12.5 Å². The van der Waals surface area contributed by atoms with Crippen LogP contribution in [-0.2, 0) is 19.6 Å². The van der Waals surface area contributed by atoms with Crippen LogP contribution < -0.4 is 4.74 Å². The van der Waals surface area contributed by atoms with E-state index < -0.39 is 0 Å². The SMILES string of the molecule is COc1cccc(CN2Cc3cc(Cl)c(Cl)cc3C2)c1. The number of methoxy groups -OCH3 is 1. The number of ether oxygens (including phenoxy) is 1. The molecular weight excluding hydrogens is 293 g/mol. The fourth-order valence-corrected chi connectivity index (χ4v) is 2.97. The molecule has 0 bridgehead atoms. The van der Waals surface area contributed by atoms with Gasteiger partial charge in [0.2, 0.25) is 0 Å². The summed E-state index contributed by atoms with van der Waals surface area (Å²) in [6, 6.07) is 12.1. The maximum atomic E-state index is 6.07. The molecule has 0 radical (unpaired) electrons. The quantitative estimate of drug-likeness (QED) is 0.826. The lowest BCUT2D eigenvalue weighted by molar-refractivity contribution is 0.275. The Hall–Kier alpha value is -1.22. The van der Waals surface area contributed by atoms with Crippen molar-refractivity contribution in [3.63, 3.8) is 0 Å². The van der Waals surface area contributed by atoms with Crippen molar-refractivity contribution in [1.29, 1.82) is 0 Å². The fourth-order valence-electron chi connectivity index (χ4n) is 2.60. The molecule has 20 heavy (non-hydrogen) atoms. The van der Waals surface area contributed by atoms with Gasteiger partial charge < -0.3 is 4.74 Å². The van der Waals surface area contributed by atoms with Crippen LogP contribution in [0.5, 0.6) is 5.75 Å². The molecule has 0 saturated heterocycles. The lowest BCUT2D eigenvalue weighted by Crippen LogP contribution is -2.15. The molecule has 0 aliphatic carbocycles. The molecule has 0 fully saturated rings. The third-order valence-electron chi connectivity index (χ3n) is 3.57. The van der Waals surface area contributed by atoms with Crippen LogP contribution in [0.4, 0.5) is 0 Å². The summed E-state index contributed by atoms with van der Waals surface area (Å²) in [5, 5.41) is 1.27. The van der Waals surface area contributed by atoms with Crippen LogP contribution in [0, 0.1) is 0 Å². The van der Waals surface area contributed by atoms with E-state index in [2.05, 4.69) is 17.0 Å². The molecule has 0 amide bonds. The van der Waals surface area contributed by atoms with Crippen LogP contribution in [0.3, 0.4) is 0 Å². The first-order valence-corrected chi connectivity index (χ1v) is 7.23. The Morgan fingerprint density at radius 1 is 1.05 bits per heavy atom. The molecular formula is C16H15Cl2NO. The van der Waals surface area contributed by atoms with Crippen molar-refractivity contribution in [3.05, 3.63) is 63.1 Å². The molecule has 4 heteroatoms. The number of fused-ring (bicyclic) bond motifs is 1. The Morgan fingerprint density at radius 3 is 2.30 bits per heavy atom. The fraction of sp³-hybridized carbons (Fsp3) is 0.250. The van der Waals surface area contributed by atoms with E-state index in [1.807, 2.05) is 24.3 Å². The highest BCUT2D eigenvalue weighted by Gasteiger charge is 2.20. The Morgan fingerprint density at radius 2 is 1.70 bits per heavy atom. The number of nitrogens with zero attached hydrogens (tertiary/aromatic N) is 1. The molecule has 0 atom stereocenters. The smallest absolute Gasteiger partial charge is 0.119 e. The maximum absolute atomic E-state index is 6.07. The van der Waals surface area contributed by atoms with Crippen molar-refractivity contribution in [2.75, 3.05) is 7.11 Å². The summed E-state index contributed by atoms with van der Waals surface area (Å²) in [6.45, 7) is 2.70. The summed E-state index contributed by atoms with van der Waals surface area (Å²) in [4.78, 5) is 2.37. The van der Waals surface area contributed by atoms with E-state index in [9.17, 15) is 0 Å². The van der Waals surface area contributed by atoms with Crippen molar-refractivity contribution in [3.8, 4) is 5.75 Å². The van der Waals surface area contributed by atoms with Crippen molar-refractivity contribution in [2.45, 2.75) is 19.6 Å². The molecule has 2 nitrogen and oxygen atoms in total. The zero-order chi connectivity index (χ0) is 14.1. The molecule has 1 heterocycles. The van der Waals surface area contributed by atoms with E-state index in [-0.39, 0.29) is 0 Å². The monoisotopic (exact) mass is 307 g/mol. The van der Waals surface area contributed by atoms with Gasteiger partial charge in [0.05, 0.1) is 17.2 Å². The van der Waals surface area contributed by atoms with Crippen LogP contribution >= 0.6 is 23.2 Å². The van der Waals surface area contributed by atoms with E-state index in [0.717, 1.165) is 25.4 Å². The molecule has 2 aromatic rings. The van der Waals surface area contributed by atoms with Crippen molar-refractivity contribution in [2.24, 2.45) is 0 Å². The van der Waals surface area contributed by atoms with Gasteiger partial charge in [-0.25, -0.2) is 0 Å². The van der Waals surface area contributed by atoms with E-state index in [4.69, 9.17) is 27.9 Å². The average Bonchev–Trinajstić information content (AvgIpc) is 2.80. The highest BCUT2D eigenvalue weighted by Crippen LogP contribution is 2.32. The minimum Gasteiger partial charge on any atom is -0.497 e. The summed E-state index contributed by atoms with van der Waals surface area (Å²) in [5.41, 5.74) is 3.78. The number of hydrogen-bond acceptors (Lipinski definition) is 2. The number of benzene rings is 2. The summed E-state index contributed by atoms with van der Waals surface area (Å²) in [5.74, 6) is 0.894. The van der Waals surface area contributed by atoms with E-state index >= 15 is 0 Å². The van der Waals surface area contributed by atoms with E-state index in [0.29, 0.717) is 10.0 Å². The lowest BCUT2D eigenvalue weighted by atomic mass is 10.1. The van der Waals surface area contributed by atoms with Gasteiger partial charge in [0.15, 0.2) is 0 Å². The Balaban J connectivity index is 1.75. The molecule has 1 aliphatic rings. The molecule has 0 aromatic heterocycles. The third-order valence-corrected chi connectivity index (χ3v) is 4.29. The van der Waals surface area contributed by atoms with Gasteiger partial charge in [-0.05, 0) is 41.0 Å². The van der Waals surface area contributed by atoms with Gasteiger partial charge in [0.25, 0.3) is 0 Å². The summed E-state index contributed by atoms with van der Waals surface area (Å²) >= 11 is 12.1. The second kappa shape index (κ2) is 5.65. The molecule has 1 aliphatic heterocycles. The predicted octanol–water partition coefficient (Wildman–Crippen LogP) is 4.52. The number of halogens is 2. The van der Waals surface area contributed by atoms with Gasteiger partial charge >= 0.3 is 0 Å². The molecule has 0 unspecified atom stereocenters. The Labute approximate surface area is 128 Å². The van der Waals surface area contributed by atoms with Gasteiger partial charge in [-0.2, -0.15) is 0 Å². The largest absolute Gasteiger partial charge is 0.497 e. The first kappa shape index (κ1) is 13.7. The molecule has 104 valence electrons. The van der Waals surface area contributed by atoms with Gasteiger partial charge in [0, 0.05) is 19.6 Å². The van der Waals surface area contributed by atoms with Gasteiger partial charge in [-0.1, -0.05) is 35.3 Å². The highest BCUT2D eigenvalue weighted by atomic mass is 35.5. The van der Waals surface area contributed by atoms with Crippen LogP contribution in [0.25, 0.3) is 0 Å². The van der Waals surface area contributed by atoms with Crippen molar-refractivity contribution < 1.29 is 4.74 Å².